The van der Waals surface area contributed by atoms with Crippen LogP contribution in [0, 0.1) is 21.4 Å². The third-order valence-electron chi connectivity index (χ3n) is 1.17. The monoisotopic (exact) mass is 189 g/mol. The average Bonchev–Trinajstić information content (AvgIpc) is 2.06. The van der Waals surface area contributed by atoms with Crippen molar-refractivity contribution in [1.29, 1.82) is 0 Å². The molecule has 12 heavy (non-hydrogen) atoms. The van der Waals surface area contributed by atoms with Crippen molar-refractivity contribution in [3.8, 4) is 5.75 Å². The van der Waals surface area contributed by atoms with E-state index < -0.39 is 4.92 Å². The van der Waals surface area contributed by atoms with Crippen LogP contribution in [-0.4, -0.2) is 4.92 Å². The van der Waals surface area contributed by atoms with Crippen molar-refractivity contribution in [1.82, 2.24) is 0 Å². The molecule has 0 spiro atoms. The summed E-state index contributed by atoms with van der Waals surface area (Å²) in [4.78, 5) is 9.64. The molecule has 0 atom stereocenters. The lowest BCUT2D eigenvalue weighted by molar-refractivity contribution is -1.25. The summed E-state index contributed by atoms with van der Waals surface area (Å²) in [5.41, 5.74) is -0.0356. The highest BCUT2D eigenvalue weighted by Crippen LogP contribution is 2.16. The van der Waals surface area contributed by atoms with Crippen molar-refractivity contribution < 1.29 is 25.2 Å². The van der Waals surface area contributed by atoms with Crippen molar-refractivity contribution in [2.75, 3.05) is 0 Å². The molecule has 0 N–H and O–H groups in total. The average molecular weight is 190 g/mol. The van der Waals surface area contributed by atoms with Crippen molar-refractivity contribution in [2.45, 2.75) is 0 Å². The van der Waals surface area contributed by atoms with Gasteiger partial charge in [-0.2, -0.15) is 0 Å². The Labute approximate surface area is 71.8 Å². The molecule has 64 valence electrons. The molecule has 0 radical (unpaired) electrons. The number of benzene rings is 1. The quantitative estimate of drug-likeness (QED) is 0.505. The van der Waals surface area contributed by atoms with Gasteiger partial charge >= 0.3 is 11.3 Å². The summed E-state index contributed by atoms with van der Waals surface area (Å²) < 4.78 is 14.2. The minimum absolute atomic E-state index is 0.0356. The zero-order chi connectivity index (χ0) is 8.97. The van der Waals surface area contributed by atoms with E-state index >= 15 is 0 Å². The molecular formula is C6H4ClNO4. The van der Waals surface area contributed by atoms with E-state index in [0.717, 1.165) is 0 Å². The number of nitrogens with zero attached hydrogens (tertiary/aromatic N) is 1. The van der Waals surface area contributed by atoms with E-state index in [0.29, 0.717) is 11.3 Å². The van der Waals surface area contributed by atoms with Gasteiger partial charge in [-0.3, -0.25) is 10.1 Å². The van der Waals surface area contributed by atoms with Gasteiger partial charge < -0.3 is 4.66 Å². The molecule has 0 fully saturated rings. The number of non-ortho nitro benzene ring substituents is 1. The molecule has 0 aromatic heterocycles. The fourth-order valence-electron chi connectivity index (χ4n) is 0.656. The highest BCUT2D eigenvalue weighted by atomic mass is 35.6. The molecule has 0 unspecified atom stereocenters. The molecule has 5 nitrogen and oxygen atoms in total. The Morgan fingerprint density at radius 3 is 2.33 bits per heavy atom. The summed E-state index contributed by atoms with van der Waals surface area (Å²) in [6.45, 7) is 0. The minimum Gasteiger partial charge on any atom is -0.495 e. The van der Waals surface area contributed by atoms with Crippen LogP contribution in [0.3, 0.4) is 0 Å². The molecule has 0 saturated heterocycles. The predicted molar refractivity (Wildman–Crippen MR) is 33.7 cm³/mol. The van der Waals surface area contributed by atoms with Gasteiger partial charge in [0.15, 0.2) is 5.75 Å². The van der Waals surface area contributed by atoms with Gasteiger partial charge in [0.1, 0.15) is 0 Å². The van der Waals surface area contributed by atoms with Crippen LogP contribution in [0.1, 0.15) is 0 Å². The number of nitro benzene ring substituents is 1. The highest BCUT2D eigenvalue weighted by Gasteiger charge is 2.05. The summed E-state index contributed by atoms with van der Waals surface area (Å²) in [5, 5.41) is 10.2. The van der Waals surface area contributed by atoms with E-state index in [1.165, 1.54) is 24.3 Å². The highest BCUT2D eigenvalue weighted by molar-refractivity contribution is 5.35. The van der Waals surface area contributed by atoms with Crippen LogP contribution in [0.25, 0.3) is 0 Å². The molecule has 1 aromatic rings. The number of halogens is 1. The predicted octanol–water partition coefficient (Wildman–Crippen LogP) is 0.249. The molecule has 0 saturated carbocycles. The van der Waals surface area contributed by atoms with Crippen LogP contribution in [0.5, 0.6) is 5.75 Å². The summed E-state index contributed by atoms with van der Waals surface area (Å²) in [6.07, 6.45) is 0. The lowest BCUT2D eigenvalue weighted by Crippen LogP contribution is -2.06. The van der Waals surface area contributed by atoms with Crippen LogP contribution in [0.4, 0.5) is 5.69 Å². The Bertz CT molecular complexity index is 273. The van der Waals surface area contributed by atoms with E-state index in [2.05, 4.69) is 4.29 Å². The second-order valence-electron chi connectivity index (χ2n) is 1.89. The maximum Gasteiger partial charge on any atom is 0.393 e. The first-order valence-corrected chi connectivity index (χ1v) is 3.54. The zero-order valence-corrected chi connectivity index (χ0v) is 6.52. The van der Waals surface area contributed by atoms with E-state index in [-0.39, 0.29) is 11.4 Å². The van der Waals surface area contributed by atoms with Crippen LogP contribution in [-0.2, 0) is 0 Å². The van der Waals surface area contributed by atoms with Gasteiger partial charge in [0.2, 0.25) is 0 Å². The van der Waals surface area contributed by atoms with Crippen molar-refractivity contribution >= 4 is 5.69 Å². The second-order valence-corrected chi connectivity index (χ2v) is 2.17. The van der Waals surface area contributed by atoms with Crippen LogP contribution >= 0.6 is 0 Å². The summed E-state index contributed by atoms with van der Waals surface area (Å²) in [7, 11) is 0. The first-order chi connectivity index (χ1) is 5.74. The molecule has 0 amide bonds. The Hall–Kier alpha value is -1.33. The molecule has 0 aliphatic carbocycles. The molecule has 6 heteroatoms. The standard InChI is InChI=1S/C6H4ClNO4/c9-7-12-6-3-1-5(2-4-6)8(10)11/h1-4H. The van der Waals surface area contributed by atoms with Crippen LogP contribution in [0.2, 0.25) is 0 Å². The summed E-state index contributed by atoms with van der Waals surface area (Å²) in [6, 6.07) is 5.22. The van der Waals surface area contributed by atoms with Crippen molar-refractivity contribution in [2.24, 2.45) is 0 Å². The maximum absolute atomic E-state index is 10.2. The third-order valence-corrected chi connectivity index (χ3v) is 1.41. The molecule has 0 aliphatic heterocycles. The molecular weight excluding hydrogens is 186 g/mol. The van der Waals surface area contributed by atoms with Gasteiger partial charge in [0, 0.05) is 12.1 Å². The van der Waals surface area contributed by atoms with Gasteiger partial charge in [-0.1, -0.05) is 0 Å². The van der Waals surface area contributed by atoms with Gasteiger partial charge in [-0.25, -0.2) is 4.29 Å². The lowest BCUT2D eigenvalue weighted by atomic mass is 10.3. The zero-order valence-electron chi connectivity index (χ0n) is 5.77. The Morgan fingerprint density at radius 2 is 1.92 bits per heavy atom. The minimum atomic E-state index is -0.524. The number of nitro groups is 1. The summed E-state index contributed by atoms with van der Waals surface area (Å²) >= 11 is 0.370. The van der Waals surface area contributed by atoms with Gasteiger partial charge in [-0.15, -0.1) is 0 Å². The molecule has 0 aliphatic rings. The fraction of sp³-hybridized carbons (Fsp3) is 0. The topological polar surface area (TPSA) is 75.4 Å². The Balaban J connectivity index is 2.78. The number of hydrogen-bond acceptors (Lipinski definition) is 4. The lowest BCUT2D eigenvalue weighted by Gasteiger charge is -1.91. The second kappa shape index (κ2) is 3.89. The molecule has 1 rings (SSSR count). The number of rotatable bonds is 3. The Kier molecular flexibility index (Phi) is 2.84. The fourth-order valence-corrected chi connectivity index (χ4v) is 0.831. The SMILES string of the molecule is O=[N+]([O-])c1ccc(O[Cl+][O-])cc1. The summed E-state index contributed by atoms with van der Waals surface area (Å²) in [5.74, 6) is 0.281. The van der Waals surface area contributed by atoms with E-state index in [4.69, 9.17) is 0 Å². The first kappa shape index (κ1) is 8.76. The van der Waals surface area contributed by atoms with Gasteiger partial charge in [0.05, 0.1) is 4.92 Å². The van der Waals surface area contributed by atoms with Crippen LogP contribution in [0.15, 0.2) is 24.3 Å². The van der Waals surface area contributed by atoms with E-state index in [1.54, 1.807) is 0 Å². The molecule has 1 aromatic carbocycles. The molecule has 0 heterocycles. The third kappa shape index (κ3) is 2.08. The largest absolute Gasteiger partial charge is 0.495 e. The van der Waals surface area contributed by atoms with E-state index in [9.17, 15) is 14.8 Å². The van der Waals surface area contributed by atoms with Crippen molar-refractivity contribution in [3.63, 3.8) is 0 Å². The van der Waals surface area contributed by atoms with Gasteiger partial charge in [0.25, 0.3) is 5.69 Å². The van der Waals surface area contributed by atoms with E-state index in [1.807, 2.05) is 0 Å². The van der Waals surface area contributed by atoms with Crippen LogP contribution < -0.4 is 8.95 Å². The Morgan fingerprint density at radius 1 is 1.33 bits per heavy atom. The first-order valence-electron chi connectivity index (χ1n) is 2.92. The van der Waals surface area contributed by atoms with Crippen molar-refractivity contribution in [3.05, 3.63) is 34.4 Å². The smallest absolute Gasteiger partial charge is 0.393 e. The van der Waals surface area contributed by atoms with Gasteiger partial charge in [-0.05, 0) is 12.1 Å². The maximum atomic E-state index is 10.2. The molecule has 0 bridgehead atoms. The number of hydrogen-bond donors (Lipinski definition) is 0. The normalized spacial score (nSPS) is 9.42.